The Hall–Kier alpha value is -2.18. The van der Waals surface area contributed by atoms with E-state index in [9.17, 15) is 4.79 Å². The number of carbonyl (C=O) groups is 1. The van der Waals surface area contributed by atoms with E-state index in [-0.39, 0.29) is 5.91 Å². The van der Waals surface area contributed by atoms with E-state index in [2.05, 4.69) is 15.3 Å². The number of fused-ring (bicyclic) bond motifs is 2. The fourth-order valence-electron chi connectivity index (χ4n) is 2.44. The van der Waals surface area contributed by atoms with Gasteiger partial charge in [-0.25, -0.2) is 4.98 Å². The average Bonchev–Trinajstić information content (AvgIpc) is 3.10. The molecule has 0 spiro atoms. The standard InChI is InChI=1S/C15H13N3O2S/c19-14(12-7-9-3-1-2-4-10(9)16-12)18-15-17-11-5-6-20-8-13(11)21-15/h1-4,7,16H,5-6,8H2,(H,17,18,19). The van der Waals surface area contributed by atoms with Crippen molar-refractivity contribution in [1.82, 2.24) is 9.97 Å². The van der Waals surface area contributed by atoms with E-state index in [1.165, 1.54) is 11.3 Å². The molecule has 1 aromatic carbocycles. The van der Waals surface area contributed by atoms with Crippen molar-refractivity contribution in [1.29, 1.82) is 0 Å². The number of H-pyrrole nitrogens is 1. The van der Waals surface area contributed by atoms with Gasteiger partial charge in [-0.05, 0) is 12.1 Å². The van der Waals surface area contributed by atoms with Crippen LogP contribution in [0.25, 0.3) is 10.9 Å². The first-order valence-electron chi connectivity index (χ1n) is 6.75. The second-order valence-corrected chi connectivity index (χ2v) is 6.00. The number of aromatic nitrogens is 2. The maximum absolute atomic E-state index is 12.3. The third-order valence-electron chi connectivity index (χ3n) is 3.49. The van der Waals surface area contributed by atoms with Gasteiger partial charge in [-0.2, -0.15) is 0 Å². The Kier molecular flexibility index (Phi) is 2.98. The summed E-state index contributed by atoms with van der Waals surface area (Å²) < 4.78 is 5.39. The molecular weight excluding hydrogens is 286 g/mol. The number of hydrogen-bond donors (Lipinski definition) is 2. The minimum absolute atomic E-state index is 0.168. The molecule has 2 aromatic heterocycles. The van der Waals surface area contributed by atoms with Crippen molar-refractivity contribution in [3.05, 3.63) is 46.6 Å². The molecular formula is C15H13N3O2S. The van der Waals surface area contributed by atoms with Crippen LogP contribution >= 0.6 is 11.3 Å². The Balaban J connectivity index is 1.58. The van der Waals surface area contributed by atoms with Crippen molar-refractivity contribution in [3.8, 4) is 0 Å². The minimum atomic E-state index is -0.168. The molecule has 0 bridgehead atoms. The van der Waals surface area contributed by atoms with Gasteiger partial charge >= 0.3 is 0 Å². The molecule has 1 amide bonds. The molecule has 0 saturated heterocycles. The van der Waals surface area contributed by atoms with Gasteiger partial charge in [-0.1, -0.05) is 29.5 Å². The maximum atomic E-state index is 12.3. The Morgan fingerprint density at radius 1 is 1.38 bits per heavy atom. The molecule has 6 heteroatoms. The van der Waals surface area contributed by atoms with Gasteiger partial charge in [0.15, 0.2) is 5.13 Å². The number of carbonyl (C=O) groups excluding carboxylic acids is 1. The fraction of sp³-hybridized carbons (Fsp3) is 0.200. The summed E-state index contributed by atoms with van der Waals surface area (Å²) in [5.74, 6) is -0.168. The molecule has 0 fully saturated rings. The summed E-state index contributed by atoms with van der Waals surface area (Å²) in [7, 11) is 0. The lowest BCUT2D eigenvalue weighted by molar-refractivity contribution is 0.102. The molecule has 3 aromatic rings. The first-order chi connectivity index (χ1) is 10.3. The molecule has 5 nitrogen and oxygen atoms in total. The second kappa shape index (κ2) is 4.98. The molecule has 106 valence electrons. The molecule has 1 aliphatic rings. The number of aromatic amines is 1. The number of benzene rings is 1. The summed E-state index contributed by atoms with van der Waals surface area (Å²) in [4.78, 5) is 21.0. The van der Waals surface area contributed by atoms with Crippen LogP contribution in [0.15, 0.2) is 30.3 Å². The number of hydrogen-bond acceptors (Lipinski definition) is 4. The van der Waals surface area contributed by atoms with Crippen molar-refractivity contribution in [2.75, 3.05) is 11.9 Å². The Morgan fingerprint density at radius 3 is 3.14 bits per heavy atom. The number of para-hydroxylation sites is 1. The van der Waals surface area contributed by atoms with Gasteiger partial charge in [0.2, 0.25) is 0 Å². The Morgan fingerprint density at radius 2 is 2.29 bits per heavy atom. The summed E-state index contributed by atoms with van der Waals surface area (Å²) in [5, 5.41) is 4.51. The van der Waals surface area contributed by atoms with Gasteiger partial charge in [0.05, 0.1) is 23.8 Å². The van der Waals surface area contributed by atoms with Crippen LogP contribution in [0.5, 0.6) is 0 Å². The molecule has 0 atom stereocenters. The highest BCUT2D eigenvalue weighted by Gasteiger charge is 2.17. The van der Waals surface area contributed by atoms with Crippen LogP contribution in [0, 0.1) is 0 Å². The van der Waals surface area contributed by atoms with E-state index in [0.717, 1.165) is 27.9 Å². The first-order valence-corrected chi connectivity index (χ1v) is 7.57. The minimum Gasteiger partial charge on any atom is -0.375 e. The largest absolute Gasteiger partial charge is 0.375 e. The van der Waals surface area contributed by atoms with Crippen LogP contribution in [0.4, 0.5) is 5.13 Å². The molecule has 4 rings (SSSR count). The number of ether oxygens (including phenoxy) is 1. The van der Waals surface area contributed by atoms with E-state index >= 15 is 0 Å². The lowest BCUT2D eigenvalue weighted by Crippen LogP contribution is -2.12. The predicted octanol–water partition coefficient (Wildman–Crippen LogP) is 2.95. The SMILES string of the molecule is O=C(Nc1nc2c(s1)COCC2)c1cc2ccccc2[nH]1. The number of amides is 1. The van der Waals surface area contributed by atoms with E-state index < -0.39 is 0 Å². The van der Waals surface area contributed by atoms with Gasteiger partial charge in [-0.3, -0.25) is 10.1 Å². The second-order valence-electron chi connectivity index (χ2n) is 4.92. The first kappa shape index (κ1) is 12.6. The zero-order valence-electron chi connectivity index (χ0n) is 11.2. The Bertz CT molecular complexity index is 765. The summed E-state index contributed by atoms with van der Waals surface area (Å²) in [5.41, 5.74) is 2.54. The summed E-state index contributed by atoms with van der Waals surface area (Å²) in [6.07, 6.45) is 0.814. The maximum Gasteiger partial charge on any atom is 0.273 e. The van der Waals surface area contributed by atoms with Crippen molar-refractivity contribution < 1.29 is 9.53 Å². The van der Waals surface area contributed by atoms with E-state index in [4.69, 9.17) is 4.74 Å². The summed E-state index contributed by atoms with van der Waals surface area (Å²) >= 11 is 1.48. The number of anilines is 1. The van der Waals surface area contributed by atoms with Crippen LogP contribution in [-0.4, -0.2) is 22.5 Å². The zero-order valence-corrected chi connectivity index (χ0v) is 12.0. The highest BCUT2D eigenvalue weighted by atomic mass is 32.1. The van der Waals surface area contributed by atoms with Crippen LogP contribution < -0.4 is 5.32 Å². The summed E-state index contributed by atoms with van der Waals surface area (Å²) in [6.45, 7) is 1.29. The van der Waals surface area contributed by atoms with Gasteiger partial charge in [0.25, 0.3) is 5.91 Å². The van der Waals surface area contributed by atoms with E-state index in [1.54, 1.807) is 0 Å². The molecule has 0 saturated carbocycles. The van der Waals surface area contributed by atoms with Crippen molar-refractivity contribution in [2.45, 2.75) is 13.0 Å². The molecule has 2 N–H and O–H groups in total. The predicted molar refractivity (Wildman–Crippen MR) is 81.7 cm³/mol. The lowest BCUT2D eigenvalue weighted by Gasteiger charge is -2.08. The quantitative estimate of drug-likeness (QED) is 0.764. The number of rotatable bonds is 2. The lowest BCUT2D eigenvalue weighted by atomic mass is 10.2. The molecule has 0 unspecified atom stereocenters. The van der Waals surface area contributed by atoms with Crippen molar-refractivity contribution in [3.63, 3.8) is 0 Å². The fourth-order valence-corrected chi connectivity index (χ4v) is 3.38. The van der Waals surface area contributed by atoms with Crippen LogP contribution in [0.1, 0.15) is 21.1 Å². The zero-order chi connectivity index (χ0) is 14.2. The third-order valence-corrected chi connectivity index (χ3v) is 4.48. The number of nitrogens with one attached hydrogen (secondary N) is 2. The van der Waals surface area contributed by atoms with Gasteiger partial charge < -0.3 is 9.72 Å². The average molecular weight is 299 g/mol. The highest BCUT2D eigenvalue weighted by molar-refractivity contribution is 7.15. The normalized spacial score (nSPS) is 14.1. The molecule has 1 aliphatic heterocycles. The van der Waals surface area contributed by atoms with E-state index in [1.807, 2.05) is 30.3 Å². The summed E-state index contributed by atoms with van der Waals surface area (Å²) in [6, 6.07) is 9.66. The molecule has 21 heavy (non-hydrogen) atoms. The number of nitrogens with zero attached hydrogens (tertiary/aromatic N) is 1. The molecule has 0 aliphatic carbocycles. The van der Waals surface area contributed by atoms with Crippen LogP contribution in [-0.2, 0) is 17.8 Å². The highest BCUT2D eigenvalue weighted by Crippen LogP contribution is 2.27. The van der Waals surface area contributed by atoms with E-state index in [0.29, 0.717) is 24.0 Å². The topological polar surface area (TPSA) is 67.0 Å². The Labute approximate surface area is 125 Å². The van der Waals surface area contributed by atoms with Gasteiger partial charge in [0, 0.05) is 17.3 Å². The molecule has 0 radical (unpaired) electrons. The third kappa shape index (κ3) is 2.32. The smallest absolute Gasteiger partial charge is 0.273 e. The van der Waals surface area contributed by atoms with Crippen molar-refractivity contribution >= 4 is 33.3 Å². The monoisotopic (exact) mass is 299 g/mol. The van der Waals surface area contributed by atoms with Gasteiger partial charge in [-0.15, -0.1) is 0 Å². The van der Waals surface area contributed by atoms with Crippen LogP contribution in [0.3, 0.4) is 0 Å². The number of thiazole rings is 1. The van der Waals surface area contributed by atoms with Crippen molar-refractivity contribution in [2.24, 2.45) is 0 Å². The molecule has 3 heterocycles. The van der Waals surface area contributed by atoms with Gasteiger partial charge in [0.1, 0.15) is 5.69 Å². The van der Waals surface area contributed by atoms with Crippen LogP contribution in [0.2, 0.25) is 0 Å².